The van der Waals surface area contributed by atoms with Crippen molar-refractivity contribution in [2.45, 2.75) is 77.0 Å². The van der Waals surface area contributed by atoms with Gasteiger partial charge >= 0.3 is 15.6 Å². The molecule has 3 aromatic carbocycles. The number of aromatic nitrogens is 3. The van der Waals surface area contributed by atoms with E-state index in [9.17, 15) is 42.8 Å². The Kier molecular flexibility index (Phi) is 15.8. The van der Waals surface area contributed by atoms with Crippen LogP contribution in [0.1, 0.15) is 103 Å². The molecule has 22 nitrogen and oxygen atoms in total. The maximum Gasteiger partial charge on any atom is 0.487 e. The zero-order valence-corrected chi connectivity index (χ0v) is 44.4. The molecule has 4 heterocycles. The van der Waals surface area contributed by atoms with Crippen molar-refractivity contribution < 1.29 is 60.7 Å². The molecule has 2 aromatic heterocycles. The topological polar surface area (TPSA) is 304 Å². The largest absolute Gasteiger partial charge is 0.756 e. The first kappa shape index (κ1) is 54.5. The number of benzene rings is 3. The third kappa shape index (κ3) is 11.8. The number of carbonyl (C=O) groups excluding carboxylic acids is 2. The van der Waals surface area contributed by atoms with Crippen LogP contribution in [-0.2, 0) is 48.2 Å². The average molecular weight is 1080 g/mol. The summed E-state index contributed by atoms with van der Waals surface area (Å²) in [5.41, 5.74) is 13.6. The predicted octanol–water partition coefficient (Wildman–Crippen LogP) is 3.13. The number of ether oxygens (including phenoxy) is 1. The number of phosphoric acid groups is 3. The van der Waals surface area contributed by atoms with E-state index in [1.165, 1.54) is 32.8 Å². The van der Waals surface area contributed by atoms with Crippen molar-refractivity contribution in [3.05, 3.63) is 121 Å². The number of nitrogens with one attached hydrogen (secondary N) is 2. The van der Waals surface area contributed by atoms with Crippen molar-refractivity contribution in [2.75, 3.05) is 64.6 Å². The van der Waals surface area contributed by atoms with Crippen LogP contribution in [0, 0.1) is 11.8 Å². The van der Waals surface area contributed by atoms with Gasteiger partial charge in [-0.3, -0.25) is 28.5 Å². The van der Waals surface area contributed by atoms with E-state index in [1.54, 1.807) is 11.9 Å². The first-order valence-electron chi connectivity index (χ1n) is 23.9. The Bertz CT molecular complexity index is 3470. The van der Waals surface area contributed by atoms with Crippen molar-refractivity contribution >= 4 is 63.5 Å². The summed E-state index contributed by atoms with van der Waals surface area (Å²) in [6.07, 6.45) is 2.72. The van der Waals surface area contributed by atoms with Gasteiger partial charge in [0, 0.05) is 75.0 Å². The summed E-state index contributed by atoms with van der Waals surface area (Å²) in [5.74, 6) is 5.07. The van der Waals surface area contributed by atoms with Gasteiger partial charge in [-0.1, -0.05) is 50.0 Å². The van der Waals surface area contributed by atoms with Crippen LogP contribution in [0.4, 0.5) is 11.6 Å². The fourth-order valence-electron chi connectivity index (χ4n) is 9.91. The summed E-state index contributed by atoms with van der Waals surface area (Å²) in [7, 11) is -11.2. The number of hydrogen-bond acceptors (Lipinski definition) is 14. The Morgan fingerprint density at radius 2 is 1.80 bits per heavy atom. The van der Waals surface area contributed by atoms with Gasteiger partial charge in [0.25, 0.3) is 19.3 Å². The number of nitrogens with two attached hydrogens (primary N) is 1. The Morgan fingerprint density at radius 3 is 2.53 bits per heavy atom. The van der Waals surface area contributed by atoms with Crippen LogP contribution < -0.4 is 41.6 Å². The third-order valence-corrected chi connectivity index (χ3v) is 17.2. The molecule has 1 aliphatic carbocycles. The number of aromatic amines is 1. The number of amides is 2. The normalized spacial score (nSPS) is 19.2. The Hall–Kier alpha value is -5.78. The number of hydrogen-bond donors (Lipinski definition) is 6. The van der Waals surface area contributed by atoms with Gasteiger partial charge < -0.3 is 49.7 Å². The number of fused-ring (bicyclic) bond motifs is 4. The predicted molar refractivity (Wildman–Crippen MR) is 273 cm³/mol. The fourth-order valence-corrected chi connectivity index (χ4v) is 12.9. The first-order chi connectivity index (χ1) is 34.9. The molecule has 8 rings (SSSR count). The van der Waals surface area contributed by atoms with E-state index in [2.05, 4.69) is 96.3 Å². The van der Waals surface area contributed by atoms with E-state index >= 15 is 0 Å². The number of H-pyrrole nitrogens is 1. The second kappa shape index (κ2) is 21.5. The maximum absolute atomic E-state index is 14.5. The third-order valence-electron chi connectivity index (χ3n) is 13.4. The lowest BCUT2D eigenvalue weighted by Gasteiger charge is -2.36. The second-order valence-electron chi connectivity index (χ2n) is 19.0. The summed E-state index contributed by atoms with van der Waals surface area (Å²) in [6.45, 7) is 8.24. The lowest BCUT2D eigenvalue weighted by Crippen LogP contribution is -2.43. The van der Waals surface area contributed by atoms with Crippen LogP contribution in [0.15, 0.2) is 65.6 Å². The maximum atomic E-state index is 14.5. The number of nitrogens with zero attached hydrogens (tertiary/aromatic N) is 5. The number of anilines is 2. The minimum Gasteiger partial charge on any atom is -0.756 e. The van der Waals surface area contributed by atoms with Crippen LogP contribution in [0.3, 0.4) is 0 Å². The molecule has 1 saturated heterocycles. The second-order valence-corrected chi connectivity index (χ2v) is 23.4. The van der Waals surface area contributed by atoms with Crippen LogP contribution >= 0.6 is 23.5 Å². The van der Waals surface area contributed by atoms with Crippen LogP contribution in [0.25, 0.3) is 16.6 Å². The summed E-state index contributed by atoms with van der Waals surface area (Å²) in [5, 5.41) is 5.24. The Labute approximate surface area is 426 Å². The molecule has 2 amide bonds. The highest BCUT2D eigenvalue weighted by Crippen LogP contribution is 2.65. The number of phosphoric ester groups is 1. The number of carbonyl (C=O) groups is 2. The molecule has 0 saturated carbocycles. The lowest BCUT2D eigenvalue weighted by molar-refractivity contribution is -0.212. The van der Waals surface area contributed by atoms with Crippen molar-refractivity contribution in [1.29, 1.82) is 0 Å². The molecule has 0 spiro atoms. The van der Waals surface area contributed by atoms with Gasteiger partial charge in [-0.2, -0.15) is 9.29 Å². The highest BCUT2D eigenvalue weighted by molar-refractivity contribution is 7.66. The molecule has 5 aromatic rings. The highest BCUT2D eigenvalue weighted by atomic mass is 31.3. The Morgan fingerprint density at radius 1 is 1.04 bits per heavy atom. The molecule has 3 aliphatic rings. The quantitative estimate of drug-likeness (QED) is 0.0443. The van der Waals surface area contributed by atoms with Crippen molar-refractivity contribution in [1.82, 2.24) is 29.3 Å². The van der Waals surface area contributed by atoms with Crippen LogP contribution in [-0.4, -0.2) is 106 Å². The number of nitrogen functional groups attached to an aromatic ring is 1. The lowest BCUT2D eigenvalue weighted by atomic mass is 9.68. The van der Waals surface area contributed by atoms with E-state index in [1.807, 2.05) is 38.4 Å². The van der Waals surface area contributed by atoms with Gasteiger partial charge in [-0.25, -0.2) is 18.0 Å². The van der Waals surface area contributed by atoms with Crippen molar-refractivity contribution in [2.24, 2.45) is 0 Å². The van der Waals surface area contributed by atoms with Gasteiger partial charge in [0.2, 0.25) is 17.2 Å². The molecule has 1 fully saturated rings. The molecular weight excluding hydrogens is 1020 g/mol. The van der Waals surface area contributed by atoms with Crippen LogP contribution in [0.5, 0.6) is 0 Å². The molecule has 0 radical (unpaired) electrons. The summed E-state index contributed by atoms with van der Waals surface area (Å²) < 4.78 is 56.7. The van der Waals surface area contributed by atoms with Gasteiger partial charge in [-0.15, -0.1) is 0 Å². The van der Waals surface area contributed by atoms with E-state index in [0.29, 0.717) is 18.5 Å². The van der Waals surface area contributed by atoms with Crippen molar-refractivity contribution in [3.8, 4) is 11.8 Å². The molecule has 74 heavy (non-hydrogen) atoms. The van der Waals surface area contributed by atoms with E-state index < -0.39 is 48.0 Å². The van der Waals surface area contributed by atoms with Gasteiger partial charge in [-0.05, 0) is 89.9 Å². The monoisotopic (exact) mass is 1080 g/mol. The van der Waals surface area contributed by atoms with Gasteiger partial charge in [0.15, 0.2) is 5.65 Å². The van der Waals surface area contributed by atoms with Gasteiger partial charge in [0.05, 0.1) is 30.2 Å². The number of rotatable bonds is 17. The standard InChI is InChI=1S/C49H59N8O14P3/c1-7-56-24-11-14-30-25-37-39(27-40(30)56)49(2,3)38-26-32(54(4)5)18-20-36(38)44(37)34-15-8-9-16-35(34)47(60)55(6)23-12-17-41(58)51-22-10-13-31-28-57(45-43(31)46(59)53-48(50)52-45)42-21-19-33(69-42)29-68-73(64,65)71-74(66,67)70-72(61,62)63/h8-9,15-16,18,20,25-28,33,42H,7,11-12,14,17,19,21-24,29H2,1-6H3,(H7-,50,51,52,53,58,59,61,62,63,64,65,66,67)/t33-,42+/m0/s1. The smallest absolute Gasteiger partial charge is 0.487 e. The zero-order chi connectivity index (χ0) is 53.5. The highest BCUT2D eigenvalue weighted by Gasteiger charge is 2.40. The fraction of sp³-hybridized carbons (Fsp3) is 0.408. The summed E-state index contributed by atoms with van der Waals surface area (Å²) in [6, 6.07) is 19.1. The van der Waals surface area contributed by atoms with Crippen LogP contribution in [0.2, 0.25) is 0 Å². The molecule has 7 N–H and O–H groups in total. The molecule has 3 unspecified atom stereocenters. The van der Waals surface area contributed by atoms with E-state index in [0.717, 1.165) is 53.5 Å². The number of aryl methyl sites for hydroxylation is 1. The summed E-state index contributed by atoms with van der Waals surface area (Å²) >= 11 is 0. The molecule has 394 valence electrons. The van der Waals surface area contributed by atoms with Gasteiger partial charge in [0.1, 0.15) is 19.3 Å². The average Bonchev–Trinajstić information content (AvgIpc) is 3.95. The molecule has 2 aliphatic heterocycles. The molecule has 25 heteroatoms. The van der Waals surface area contributed by atoms with E-state index in [-0.39, 0.29) is 65.6 Å². The molecule has 5 atom stereocenters. The van der Waals surface area contributed by atoms with Crippen molar-refractivity contribution in [3.63, 3.8) is 0 Å². The molecular formula is C49H59N8O14P3. The summed E-state index contributed by atoms with van der Waals surface area (Å²) in [4.78, 5) is 89.8. The van der Waals surface area contributed by atoms with E-state index in [4.69, 9.17) is 19.9 Å². The Balaban J connectivity index is 0.929. The minimum absolute atomic E-state index is 0.0712. The first-order valence-corrected chi connectivity index (χ1v) is 28.4. The molecule has 0 bridgehead atoms. The minimum atomic E-state index is -5.82. The SMILES string of the molecule is CC[N+]1=c2cc3c(cc2CCC1)=C(c1ccccc1C(=O)N(C)CCCC(=O)NCC#Cc1cn([C@H]2CC[C@@H](COP(=O)(O)OP(=O)(O)OP(=O)([O-])O)O2)c2nc(N)[nH]c(=O)c12)c1ccc(N(C)C)cc1C3(C)C. The zero-order valence-electron chi connectivity index (χ0n) is 41.7.